The number of nitrogens with zero attached hydrogens (tertiary/aromatic N) is 2. The highest BCUT2D eigenvalue weighted by Crippen LogP contribution is 2.34. The number of hydrogen-bond donors (Lipinski definition) is 2. The van der Waals surface area contributed by atoms with E-state index in [1.54, 1.807) is 0 Å². The summed E-state index contributed by atoms with van der Waals surface area (Å²) in [5, 5.41) is 23.4. The summed E-state index contributed by atoms with van der Waals surface area (Å²) < 4.78 is 11.9. The monoisotopic (exact) mass is 543 g/mol. The van der Waals surface area contributed by atoms with Crippen LogP contribution in [-0.4, -0.2) is 41.3 Å². The summed E-state index contributed by atoms with van der Waals surface area (Å²) in [6, 6.07) is 7.22. The Balaban J connectivity index is 2.04. The molecule has 0 aliphatic rings. The van der Waals surface area contributed by atoms with Gasteiger partial charge in [-0.2, -0.15) is 5.10 Å². The Morgan fingerprint density at radius 2 is 1.87 bits per heavy atom. The maximum Gasteiger partial charge on any atom is 0.341 e. The summed E-state index contributed by atoms with van der Waals surface area (Å²) in [7, 11) is 0. The molecule has 10 nitrogen and oxygen atoms in total. The predicted molar refractivity (Wildman–Crippen MR) is 114 cm³/mol. The highest BCUT2D eigenvalue weighted by Gasteiger charge is 2.13. The number of carboxylic acids is 1. The van der Waals surface area contributed by atoms with Crippen molar-refractivity contribution in [3.8, 4) is 11.5 Å². The average molecular weight is 545 g/mol. The number of carbonyl (C=O) groups excluding carboxylic acids is 1. The van der Waals surface area contributed by atoms with E-state index < -0.39 is 23.4 Å². The van der Waals surface area contributed by atoms with Crippen molar-refractivity contribution in [2.24, 2.45) is 5.10 Å². The van der Waals surface area contributed by atoms with Gasteiger partial charge in [0.25, 0.3) is 11.6 Å². The lowest BCUT2D eigenvalue weighted by Gasteiger charge is -2.10. The molecule has 2 rings (SSSR count). The third kappa shape index (κ3) is 6.81. The van der Waals surface area contributed by atoms with E-state index in [0.717, 1.165) is 23.9 Å². The smallest absolute Gasteiger partial charge is 0.341 e. The summed E-state index contributed by atoms with van der Waals surface area (Å²) in [4.78, 5) is 33.0. The fourth-order valence-electron chi connectivity index (χ4n) is 2.19. The van der Waals surface area contributed by atoms with E-state index >= 15 is 0 Å². The number of amides is 1. The van der Waals surface area contributed by atoms with Crippen molar-refractivity contribution >= 4 is 55.6 Å². The molecule has 0 bridgehead atoms. The first-order chi connectivity index (χ1) is 14.2. The molecule has 158 valence electrons. The van der Waals surface area contributed by atoms with Gasteiger partial charge < -0.3 is 14.6 Å². The Morgan fingerprint density at radius 3 is 2.47 bits per heavy atom. The minimum Gasteiger partial charge on any atom is -0.481 e. The molecular formula is C18H15Br2N3O7. The minimum atomic E-state index is -1.21. The van der Waals surface area contributed by atoms with Crippen LogP contribution in [0.3, 0.4) is 0 Å². The van der Waals surface area contributed by atoms with E-state index in [0.29, 0.717) is 14.7 Å². The highest BCUT2D eigenvalue weighted by molar-refractivity contribution is 9.11. The molecule has 0 aliphatic heterocycles. The number of carboxylic acid groups (broad SMARTS) is 1. The molecule has 0 aromatic heterocycles. The molecule has 2 aromatic carbocycles. The number of carbonyl (C=O) groups is 2. The van der Waals surface area contributed by atoms with Crippen molar-refractivity contribution in [1.29, 1.82) is 0 Å². The molecule has 12 heteroatoms. The number of non-ortho nitro benzene ring substituents is 1. The van der Waals surface area contributed by atoms with Gasteiger partial charge in [0.2, 0.25) is 0 Å². The van der Waals surface area contributed by atoms with Gasteiger partial charge in [-0.25, -0.2) is 10.2 Å². The summed E-state index contributed by atoms with van der Waals surface area (Å²) in [5.41, 5.74) is 3.09. The number of benzene rings is 2. The van der Waals surface area contributed by atoms with Crippen LogP contribution in [0.5, 0.6) is 11.5 Å². The van der Waals surface area contributed by atoms with E-state index in [1.165, 1.54) is 6.07 Å². The fourth-order valence-corrected chi connectivity index (χ4v) is 3.83. The molecular weight excluding hydrogens is 530 g/mol. The van der Waals surface area contributed by atoms with E-state index in [-0.39, 0.29) is 23.6 Å². The van der Waals surface area contributed by atoms with Crippen LogP contribution in [0.4, 0.5) is 5.69 Å². The molecule has 0 radical (unpaired) electrons. The Labute approximate surface area is 187 Å². The largest absolute Gasteiger partial charge is 0.481 e. The van der Waals surface area contributed by atoms with Crippen molar-refractivity contribution in [3.05, 3.63) is 60.5 Å². The Bertz CT molecular complexity index is 988. The summed E-state index contributed by atoms with van der Waals surface area (Å²) in [6.45, 7) is 0.928. The molecule has 2 aromatic rings. The first-order valence-corrected chi connectivity index (χ1v) is 9.79. The second kappa shape index (κ2) is 10.7. The van der Waals surface area contributed by atoms with Crippen molar-refractivity contribution < 1.29 is 29.1 Å². The van der Waals surface area contributed by atoms with Crippen molar-refractivity contribution in [2.75, 3.05) is 13.2 Å². The molecule has 0 heterocycles. The number of hydrogen-bond acceptors (Lipinski definition) is 7. The predicted octanol–water partition coefficient (Wildman–Crippen LogP) is 3.42. The first kappa shape index (κ1) is 23.3. The van der Waals surface area contributed by atoms with Crippen LogP contribution >= 0.6 is 31.9 Å². The first-order valence-electron chi connectivity index (χ1n) is 8.20. The van der Waals surface area contributed by atoms with Crippen molar-refractivity contribution in [2.45, 2.75) is 6.92 Å². The van der Waals surface area contributed by atoms with Gasteiger partial charge in [0.05, 0.1) is 20.1 Å². The SMILES string of the molecule is Cc1cc(Br)c(OCC(=O)NN=Cc2cc([N+](=O)[O-])ccc2OCC(=O)O)c(Br)c1. The van der Waals surface area contributed by atoms with Crippen LogP contribution in [0, 0.1) is 17.0 Å². The molecule has 0 saturated carbocycles. The number of ether oxygens (including phenoxy) is 2. The molecule has 30 heavy (non-hydrogen) atoms. The maximum atomic E-state index is 12.0. The number of nitrogens with one attached hydrogen (secondary N) is 1. The van der Waals surface area contributed by atoms with Crippen LogP contribution in [0.15, 0.2) is 44.4 Å². The Morgan fingerprint density at radius 1 is 1.20 bits per heavy atom. The van der Waals surface area contributed by atoms with Gasteiger partial charge in [-0.1, -0.05) is 0 Å². The van der Waals surface area contributed by atoms with Gasteiger partial charge in [-0.15, -0.1) is 0 Å². The normalized spacial score (nSPS) is 10.6. The van der Waals surface area contributed by atoms with Gasteiger partial charge in [0, 0.05) is 17.7 Å². The van der Waals surface area contributed by atoms with Gasteiger partial charge in [-0.3, -0.25) is 14.9 Å². The number of halogens is 2. The number of aryl methyl sites for hydroxylation is 1. The van der Waals surface area contributed by atoms with Crippen LogP contribution in [0.25, 0.3) is 0 Å². The zero-order chi connectivity index (χ0) is 22.3. The van der Waals surface area contributed by atoms with Gasteiger partial charge in [-0.05, 0) is 62.5 Å². The molecule has 0 fully saturated rings. The summed E-state index contributed by atoms with van der Waals surface area (Å²) >= 11 is 6.71. The summed E-state index contributed by atoms with van der Waals surface area (Å²) in [5.74, 6) is -1.29. The maximum absolute atomic E-state index is 12.0. The number of nitro groups is 1. The molecule has 1 amide bonds. The zero-order valence-corrected chi connectivity index (χ0v) is 18.6. The third-order valence-electron chi connectivity index (χ3n) is 3.44. The Kier molecular flexibility index (Phi) is 8.30. The number of aliphatic carboxylic acids is 1. The van der Waals surface area contributed by atoms with E-state index in [2.05, 4.69) is 42.4 Å². The lowest BCUT2D eigenvalue weighted by Crippen LogP contribution is -2.24. The zero-order valence-electron chi connectivity index (χ0n) is 15.4. The van der Waals surface area contributed by atoms with Crippen molar-refractivity contribution in [1.82, 2.24) is 5.43 Å². The van der Waals surface area contributed by atoms with E-state index in [9.17, 15) is 19.7 Å². The second-order valence-corrected chi connectivity index (χ2v) is 7.51. The summed E-state index contributed by atoms with van der Waals surface area (Å²) in [6.07, 6.45) is 1.11. The number of rotatable bonds is 9. The van der Waals surface area contributed by atoms with Crippen LogP contribution in [-0.2, 0) is 9.59 Å². The lowest BCUT2D eigenvalue weighted by molar-refractivity contribution is -0.384. The molecule has 0 saturated heterocycles. The standard InChI is InChI=1S/C18H15Br2N3O7/c1-10-4-13(19)18(14(20)5-10)30-8-16(24)22-21-7-11-6-12(23(27)28)2-3-15(11)29-9-17(25)26/h2-7H,8-9H2,1H3,(H,22,24)(H,25,26). The van der Waals surface area contributed by atoms with Crippen molar-refractivity contribution in [3.63, 3.8) is 0 Å². The second-order valence-electron chi connectivity index (χ2n) is 5.80. The fraction of sp³-hybridized carbons (Fsp3) is 0.167. The molecule has 2 N–H and O–H groups in total. The van der Waals surface area contributed by atoms with Crippen LogP contribution < -0.4 is 14.9 Å². The average Bonchev–Trinajstić information content (AvgIpc) is 2.65. The lowest BCUT2D eigenvalue weighted by atomic mass is 10.2. The van der Waals surface area contributed by atoms with Gasteiger partial charge in [0.1, 0.15) is 11.5 Å². The van der Waals surface area contributed by atoms with Crippen LogP contribution in [0.1, 0.15) is 11.1 Å². The highest BCUT2D eigenvalue weighted by atomic mass is 79.9. The van der Waals surface area contributed by atoms with Gasteiger partial charge in [0.15, 0.2) is 13.2 Å². The molecule has 0 spiro atoms. The molecule has 0 aliphatic carbocycles. The minimum absolute atomic E-state index is 0.0600. The number of hydrazone groups is 1. The van der Waals surface area contributed by atoms with Crippen LogP contribution in [0.2, 0.25) is 0 Å². The van der Waals surface area contributed by atoms with E-state index in [4.69, 9.17) is 14.6 Å². The topological polar surface area (TPSA) is 140 Å². The molecule has 0 atom stereocenters. The Hall–Kier alpha value is -2.99. The van der Waals surface area contributed by atoms with E-state index in [1.807, 2.05) is 19.1 Å². The molecule has 0 unspecified atom stereocenters. The third-order valence-corrected chi connectivity index (χ3v) is 4.62. The quantitative estimate of drug-likeness (QED) is 0.280. The number of nitro benzene ring substituents is 1. The van der Waals surface area contributed by atoms with Gasteiger partial charge >= 0.3 is 5.97 Å².